The number of aromatic nitrogens is 2. The minimum atomic E-state index is 0.0815. The number of phenolic OH excluding ortho intramolecular Hbond substituents is 1. The van der Waals surface area contributed by atoms with E-state index in [-0.39, 0.29) is 11.7 Å². The maximum atomic E-state index is 9.47. The van der Waals surface area contributed by atoms with Gasteiger partial charge in [-0.05, 0) is 36.2 Å². The highest BCUT2D eigenvalue weighted by Gasteiger charge is 2.15. The number of H-pyrrole nitrogens is 1. The van der Waals surface area contributed by atoms with Crippen molar-refractivity contribution in [3.63, 3.8) is 0 Å². The summed E-state index contributed by atoms with van der Waals surface area (Å²) in [4.78, 5) is 7.92. The predicted octanol–water partition coefficient (Wildman–Crippen LogP) is 3.21. The lowest BCUT2D eigenvalue weighted by Gasteiger charge is -2.12. The number of hydrogen-bond acceptors (Lipinski definition) is 3. The molecule has 0 amide bonds. The van der Waals surface area contributed by atoms with Gasteiger partial charge in [0.15, 0.2) is 0 Å². The van der Waals surface area contributed by atoms with Crippen molar-refractivity contribution < 1.29 is 5.11 Å². The van der Waals surface area contributed by atoms with E-state index in [1.165, 1.54) is 0 Å². The molecule has 0 aliphatic carbocycles. The number of nitrogens with zero attached hydrogens (tertiary/aromatic N) is 1. The van der Waals surface area contributed by atoms with Gasteiger partial charge in [-0.3, -0.25) is 0 Å². The van der Waals surface area contributed by atoms with Gasteiger partial charge >= 0.3 is 0 Å². The molecule has 1 heterocycles. The highest BCUT2D eigenvalue weighted by molar-refractivity contribution is 6.32. The first-order valence-electron chi connectivity index (χ1n) is 6.79. The van der Waals surface area contributed by atoms with Crippen LogP contribution in [-0.2, 0) is 6.42 Å². The Hall–Kier alpha value is -2.04. The smallest absolute Gasteiger partial charge is 0.134 e. The van der Waals surface area contributed by atoms with E-state index >= 15 is 0 Å². The number of benzene rings is 2. The molecule has 21 heavy (non-hydrogen) atoms. The van der Waals surface area contributed by atoms with Gasteiger partial charge in [0.1, 0.15) is 11.6 Å². The molecule has 1 unspecified atom stereocenters. The summed E-state index contributed by atoms with van der Waals surface area (Å²) in [6.45, 7) is 0.484. The van der Waals surface area contributed by atoms with Crippen molar-refractivity contribution in [1.82, 2.24) is 9.97 Å². The van der Waals surface area contributed by atoms with Crippen LogP contribution in [0, 0.1) is 0 Å². The van der Waals surface area contributed by atoms with E-state index in [1.54, 1.807) is 12.1 Å². The first-order valence-corrected chi connectivity index (χ1v) is 7.17. The Kier molecular flexibility index (Phi) is 3.82. The minimum absolute atomic E-state index is 0.0815. The first-order chi connectivity index (χ1) is 10.2. The molecule has 5 heteroatoms. The molecular weight excluding hydrogens is 286 g/mol. The van der Waals surface area contributed by atoms with E-state index in [4.69, 9.17) is 17.3 Å². The van der Waals surface area contributed by atoms with E-state index in [0.717, 1.165) is 28.8 Å². The number of imidazole rings is 1. The number of aromatic hydroxyl groups is 1. The molecule has 4 N–H and O–H groups in total. The summed E-state index contributed by atoms with van der Waals surface area (Å²) in [7, 11) is 0. The fourth-order valence-corrected chi connectivity index (χ4v) is 2.62. The van der Waals surface area contributed by atoms with E-state index in [1.807, 2.05) is 30.3 Å². The van der Waals surface area contributed by atoms with Crippen LogP contribution < -0.4 is 5.73 Å². The third kappa shape index (κ3) is 2.86. The number of rotatable bonds is 4. The number of nitrogens with two attached hydrogens (primary N) is 1. The van der Waals surface area contributed by atoms with Gasteiger partial charge in [-0.2, -0.15) is 0 Å². The largest absolute Gasteiger partial charge is 0.506 e. The first kappa shape index (κ1) is 13.9. The van der Waals surface area contributed by atoms with E-state index in [2.05, 4.69) is 9.97 Å². The number of halogens is 1. The number of para-hydroxylation sites is 2. The zero-order valence-electron chi connectivity index (χ0n) is 11.4. The predicted molar refractivity (Wildman–Crippen MR) is 84.7 cm³/mol. The molecule has 0 fully saturated rings. The minimum Gasteiger partial charge on any atom is -0.506 e. The van der Waals surface area contributed by atoms with Crippen LogP contribution >= 0.6 is 11.6 Å². The second-order valence-corrected chi connectivity index (χ2v) is 5.47. The van der Waals surface area contributed by atoms with E-state index in [9.17, 15) is 5.11 Å². The summed E-state index contributed by atoms with van der Waals surface area (Å²) < 4.78 is 0. The van der Waals surface area contributed by atoms with Crippen LogP contribution in [0.1, 0.15) is 17.3 Å². The molecule has 3 rings (SSSR count). The summed E-state index contributed by atoms with van der Waals surface area (Å²) in [6.07, 6.45) is 0.719. The molecule has 0 saturated heterocycles. The summed E-state index contributed by atoms with van der Waals surface area (Å²) in [6, 6.07) is 13.1. The van der Waals surface area contributed by atoms with Crippen LogP contribution in [0.2, 0.25) is 5.02 Å². The Balaban J connectivity index is 1.88. The van der Waals surface area contributed by atoms with Gasteiger partial charge < -0.3 is 15.8 Å². The Morgan fingerprint density at radius 3 is 2.76 bits per heavy atom. The van der Waals surface area contributed by atoms with Crippen LogP contribution in [0.3, 0.4) is 0 Å². The van der Waals surface area contributed by atoms with Crippen molar-refractivity contribution in [2.24, 2.45) is 5.73 Å². The van der Waals surface area contributed by atoms with Crippen LogP contribution in [0.25, 0.3) is 11.0 Å². The molecule has 0 aliphatic heterocycles. The van der Waals surface area contributed by atoms with Gasteiger partial charge in [0.2, 0.25) is 0 Å². The van der Waals surface area contributed by atoms with Crippen molar-refractivity contribution in [3.8, 4) is 5.75 Å². The molecule has 2 aromatic carbocycles. The fraction of sp³-hybridized carbons (Fsp3) is 0.188. The molecule has 1 aromatic heterocycles. The SMILES string of the molecule is NCC(Cc1ccc(O)c(Cl)c1)c1nc2ccccc2[nH]1. The van der Waals surface area contributed by atoms with Gasteiger partial charge in [0.05, 0.1) is 16.1 Å². The fourth-order valence-electron chi connectivity index (χ4n) is 2.42. The highest BCUT2D eigenvalue weighted by atomic mass is 35.5. The molecule has 0 saturated carbocycles. The molecular formula is C16H16ClN3O. The molecule has 108 valence electrons. The zero-order valence-corrected chi connectivity index (χ0v) is 12.1. The van der Waals surface area contributed by atoms with Gasteiger partial charge in [-0.15, -0.1) is 0 Å². The van der Waals surface area contributed by atoms with E-state index in [0.29, 0.717) is 11.6 Å². The number of aromatic amines is 1. The summed E-state index contributed by atoms with van der Waals surface area (Å²) in [5.41, 5.74) is 8.87. The molecule has 0 spiro atoms. The molecule has 1 atom stereocenters. The molecule has 0 radical (unpaired) electrons. The number of hydrogen-bond donors (Lipinski definition) is 3. The van der Waals surface area contributed by atoms with Crippen LogP contribution in [0.15, 0.2) is 42.5 Å². The van der Waals surface area contributed by atoms with Gasteiger partial charge in [-0.25, -0.2) is 4.98 Å². The van der Waals surface area contributed by atoms with Gasteiger partial charge in [0.25, 0.3) is 0 Å². The zero-order chi connectivity index (χ0) is 14.8. The molecule has 0 bridgehead atoms. The topological polar surface area (TPSA) is 74.9 Å². The second-order valence-electron chi connectivity index (χ2n) is 5.06. The summed E-state index contributed by atoms with van der Waals surface area (Å²) in [5, 5.41) is 9.83. The molecule has 0 aliphatic rings. The lowest BCUT2D eigenvalue weighted by Crippen LogP contribution is -2.16. The Labute approximate surface area is 127 Å². The Bertz CT molecular complexity index is 736. The number of fused-ring (bicyclic) bond motifs is 1. The lowest BCUT2D eigenvalue weighted by atomic mass is 9.99. The summed E-state index contributed by atoms with van der Waals surface area (Å²) in [5.74, 6) is 1.05. The Morgan fingerprint density at radius 2 is 2.05 bits per heavy atom. The summed E-state index contributed by atoms with van der Waals surface area (Å²) >= 11 is 5.95. The lowest BCUT2D eigenvalue weighted by molar-refractivity contribution is 0.475. The van der Waals surface area contributed by atoms with Crippen molar-refractivity contribution in [1.29, 1.82) is 0 Å². The maximum absolute atomic E-state index is 9.47. The number of phenols is 1. The average molecular weight is 302 g/mol. The highest BCUT2D eigenvalue weighted by Crippen LogP contribution is 2.27. The molecule has 3 aromatic rings. The number of nitrogens with one attached hydrogen (secondary N) is 1. The Morgan fingerprint density at radius 1 is 1.24 bits per heavy atom. The third-order valence-corrected chi connectivity index (χ3v) is 3.88. The van der Waals surface area contributed by atoms with Crippen LogP contribution in [0.4, 0.5) is 0 Å². The third-order valence-electron chi connectivity index (χ3n) is 3.57. The van der Waals surface area contributed by atoms with Gasteiger partial charge in [0, 0.05) is 12.5 Å². The van der Waals surface area contributed by atoms with Crippen molar-refractivity contribution in [3.05, 3.63) is 58.9 Å². The van der Waals surface area contributed by atoms with Crippen molar-refractivity contribution in [2.75, 3.05) is 6.54 Å². The maximum Gasteiger partial charge on any atom is 0.134 e. The average Bonchev–Trinajstić information content (AvgIpc) is 2.92. The second kappa shape index (κ2) is 5.76. The van der Waals surface area contributed by atoms with E-state index < -0.39 is 0 Å². The van der Waals surface area contributed by atoms with Crippen LogP contribution in [0.5, 0.6) is 5.75 Å². The quantitative estimate of drug-likeness (QED) is 0.692. The standard InChI is InChI=1S/C16H16ClN3O/c17-12-8-10(5-6-15(12)21)7-11(9-18)16-19-13-3-1-2-4-14(13)20-16/h1-6,8,11,21H,7,9,18H2,(H,19,20). The van der Waals surface area contributed by atoms with Crippen molar-refractivity contribution >= 4 is 22.6 Å². The normalized spacial score (nSPS) is 12.7. The van der Waals surface area contributed by atoms with Crippen molar-refractivity contribution in [2.45, 2.75) is 12.3 Å². The molecule has 4 nitrogen and oxygen atoms in total. The van der Waals surface area contributed by atoms with Crippen LogP contribution in [-0.4, -0.2) is 21.6 Å². The van der Waals surface area contributed by atoms with Gasteiger partial charge in [-0.1, -0.05) is 29.8 Å². The monoisotopic (exact) mass is 301 g/mol.